The van der Waals surface area contributed by atoms with Crippen LogP contribution in [0.15, 0.2) is 58.5 Å². The van der Waals surface area contributed by atoms with E-state index in [0.29, 0.717) is 22.6 Å². The number of anilines is 1. The molecule has 3 aromatic rings. The van der Waals surface area contributed by atoms with Gasteiger partial charge >= 0.3 is 0 Å². The Kier molecular flexibility index (Phi) is 5.57. The lowest BCUT2D eigenvalue weighted by molar-refractivity contribution is -0.117. The number of hydrogen-bond acceptors (Lipinski definition) is 4. The van der Waals surface area contributed by atoms with Crippen LogP contribution in [0.1, 0.15) is 50.6 Å². The fraction of sp³-hybridized carbons (Fsp3) is 0.400. The first-order chi connectivity index (χ1) is 15.1. The van der Waals surface area contributed by atoms with Crippen LogP contribution in [0.2, 0.25) is 0 Å². The third-order valence-electron chi connectivity index (χ3n) is 6.50. The Bertz CT molecular complexity index is 1180. The van der Waals surface area contributed by atoms with Crippen molar-refractivity contribution < 1.29 is 4.79 Å². The van der Waals surface area contributed by atoms with Crippen molar-refractivity contribution in [2.45, 2.75) is 61.9 Å². The predicted octanol–water partition coefficient (Wildman–Crippen LogP) is 4.97. The summed E-state index contributed by atoms with van der Waals surface area (Å²) in [4.78, 5) is 33.5. The number of carbonyl (C=O) groups is 1. The number of para-hydroxylation sites is 2. The van der Waals surface area contributed by atoms with Crippen LogP contribution in [0.3, 0.4) is 0 Å². The van der Waals surface area contributed by atoms with Gasteiger partial charge < -0.3 is 4.90 Å². The Morgan fingerprint density at radius 1 is 1.06 bits per heavy atom. The summed E-state index contributed by atoms with van der Waals surface area (Å²) in [6.07, 6.45) is 6.36. The summed E-state index contributed by atoms with van der Waals surface area (Å²) in [6, 6.07) is 15.8. The van der Waals surface area contributed by atoms with E-state index in [1.165, 1.54) is 23.7 Å². The van der Waals surface area contributed by atoms with Gasteiger partial charge in [-0.3, -0.25) is 14.2 Å². The molecular formula is C25H27N3O2S. The monoisotopic (exact) mass is 433 g/mol. The zero-order valence-electron chi connectivity index (χ0n) is 17.8. The average molecular weight is 434 g/mol. The molecule has 1 atom stereocenters. The Balaban J connectivity index is 1.49. The van der Waals surface area contributed by atoms with Crippen molar-refractivity contribution in [2.24, 2.45) is 0 Å². The van der Waals surface area contributed by atoms with Gasteiger partial charge in [-0.15, -0.1) is 0 Å². The Morgan fingerprint density at radius 3 is 2.65 bits per heavy atom. The Hall–Kier alpha value is -2.60. The minimum atomic E-state index is -0.325. The van der Waals surface area contributed by atoms with E-state index in [1.54, 1.807) is 0 Å². The molecule has 1 fully saturated rings. The molecule has 31 heavy (non-hydrogen) atoms. The molecule has 1 aliphatic heterocycles. The lowest BCUT2D eigenvalue weighted by Gasteiger charge is -2.27. The fourth-order valence-corrected chi connectivity index (χ4v) is 5.91. The number of carbonyl (C=O) groups excluding carboxylic acids is 1. The molecule has 1 aliphatic carbocycles. The van der Waals surface area contributed by atoms with Gasteiger partial charge in [-0.05, 0) is 49.9 Å². The highest BCUT2D eigenvalue weighted by atomic mass is 32.2. The SMILES string of the molecule is CC(Sc1nc2ccccc2c(=O)n1C1CCCCC1)C(=O)N1CCc2ccccc21. The van der Waals surface area contributed by atoms with Crippen molar-refractivity contribution >= 4 is 34.3 Å². The van der Waals surface area contributed by atoms with Gasteiger partial charge in [-0.25, -0.2) is 4.98 Å². The third-order valence-corrected chi connectivity index (χ3v) is 7.55. The molecular weight excluding hydrogens is 406 g/mol. The second-order valence-corrected chi connectivity index (χ2v) is 9.82. The van der Waals surface area contributed by atoms with E-state index in [9.17, 15) is 9.59 Å². The van der Waals surface area contributed by atoms with Gasteiger partial charge in [0.25, 0.3) is 5.56 Å². The summed E-state index contributed by atoms with van der Waals surface area (Å²) in [7, 11) is 0. The van der Waals surface area contributed by atoms with Gasteiger partial charge in [0.15, 0.2) is 5.16 Å². The number of amides is 1. The smallest absolute Gasteiger partial charge is 0.262 e. The lowest BCUT2D eigenvalue weighted by Crippen LogP contribution is -2.36. The van der Waals surface area contributed by atoms with Crippen molar-refractivity contribution in [3.63, 3.8) is 0 Å². The summed E-state index contributed by atoms with van der Waals surface area (Å²) < 4.78 is 1.88. The van der Waals surface area contributed by atoms with Crippen molar-refractivity contribution in [2.75, 3.05) is 11.4 Å². The van der Waals surface area contributed by atoms with E-state index < -0.39 is 0 Å². The highest BCUT2D eigenvalue weighted by Gasteiger charge is 2.30. The molecule has 2 heterocycles. The highest BCUT2D eigenvalue weighted by molar-refractivity contribution is 8.00. The zero-order chi connectivity index (χ0) is 21.4. The van der Waals surface area contributed by atoms with Crippen LogP contribution in [0.5, 0.6) is 0 Å². The first-order valence-corrected chi connectivity index (χ1v) is 12.1. The summed E-state index contributed by atoms with van der Waals surface area (Å²) >= 11 is 1.42. The normalized spacial score (nSPS) is 17.6. The number of aromatic nitrogens is 2. The molecule has 0 saturated heterocycles. The number of benzene rings is 2. The summed E-state index contributed by atoms with van der Waals surface area (Å²) in [5.74, 6) is 0.0764. The summed E-state index contributed by atoms with van der Waals surface area (Å²) in [5.41, 5.74) is 2.95. The van der Waals surface area contributed by atoms with Crippen LogP contribution in [0.25, 0.3) is 10.9 Å². The van der Waals surface area contributed by atoms with Crippen molar-refractivity contribution in [1.29, 1.82) is 0 Å². The van der Waals surface area contributed by atoms with Gasteiger partial charge in [0, 0.05) is 18.3 Å². The molecule has 0 radical (unpaired) electrons. The van der Waals surface area contributed by atoms with Crippen LogP contribution < -0.4 is 10.5 Å². The zero-order valence-corrected chi connectivity index (χ0v) is 18.6. The molecule has 1 saturated carbocycles. The maximum atomic E-state index is 13.4. The second kappa shape index (κ2) is 8.50. The summed E-state index contributed by atoms with van der Waals surface area (Å²) in [5, 5.41) is 1.00. The van der Waals surface area contributed by atoms with E-state index in [2.05, 4.69) is 6.07 Å². The maximum Gasteiger partial charge on any atom is 0.262 e. The lowest BCUT2D eigenvalue weighted by atomic mass is 9.95. The van der Waals surface area contributed by atoms with E-state index in [1.807, 2.05) is 58.9 Å². The van der Waals surface area contributed by atoms with Gasteiger partial charge in [0.2, 0.25) is 5.91 Å². The van der Waals surface area contributed by atoms with Gasteiger partial charge in [0.05, 0.1) is 16.2 Å². The number of nitrogens with zero attached hydrogens (tertiary/aromatic N) is 3. The molecule has 0 bridgehead atoms. The first-order valence-electron chi connectivity index (χ1n) is 11.2. The van der Waals surface area contributed by atoms with E-state index in [4.69, 9.17) is 4.98 Å². The number of thioether (sulfide) groups is 1. The number of rotatable bonds is 4. The molecule has 1 unspecified atom stereocenters. The minimum Gasteiger partial charge on any atom is -0.311 e. The maximum absolute atomic E-state index is 13.4. The second-order valence-electron chi connectivity index (χ2n) is 8.51. The van der Waals surface area contributed by atoms with Crippen LogP contribution >= 0.6 is 11.8 Å². The number of fused-ring (bicyclic) bond motifs is 2. The van der Waals surface area contributed by atoms with Crippen LogP contribution in [0.4, 0.5) is 5.69 Å². The topological polar surface area (TPSA) is 55.2 Å². The third kappa shape index (κ3) is 3.78. The van der Waals surface area contributed by atoms with Crippen LogP contribution in [0, 0.1) is 0 Å². The highest BCUT2D eigenvalue weighted by Crippen LogP contribution is 2.34. The average Bonchev–Trinajstić information content (AvgIpc) is 3.23. The molecule has 2 aromatic carbocycles. The first kappa shape index (κ1) is 20.3. The van der Waals surface area contributed by atoms with Crippen molar-refractivity contribution in [3.8, 4) is 0 Å². The predicted molar refractivity (Wildman–Crippen MR) is 126 cm³/mol. The molecule has 5 rings (SSSR count). The van der Waals surface area contributed by atoms with E-state index in [-0.39, 0.29) is 22.8 Å². The molecule has 1 aromatic heterocycles. The Labute approximate surface area is 186 Å². The van der Waals surface area contributed by atoms with Gasteiger partial charge in [-0.2, -0.15) is 0 Å². The molecule has 0 spiro atoms. The molecule has 6 heteroatoms. The molecule has 5 nitrogen and oxygen atoms in total. The Morgan fingerprint density at radius 2 is 1.81 bits per heavy atom. The van der Waals surface area contributed by atoms with Crippen LogP contribution in [-0.4, -0.2) is 27.3 Å². The fourth-order valence-electron chi connectivity index (χ4n) is 4.87. The van der Waals surface area contributed by atoms with E-state index in [0.717, 1.165) is 37.8 Å². The number of hydrogen-bond donors (Lipinski definition) is 0. The molecule has 2 aliphatic rings. The van der Waals surface area contributed by atoms with Crippen LogP contribution in [-0.2, 0) is 11.2 Å². The van der Waals surface area contributed by atoms with E-state index >= 15 is 0 Å². The van der Waals surface area contributed by atoms with Crippen molar-refractivity contribution in [1.82, 2.24) is 9.55 Å². The van der Waals surface area contributed by atoms with Gasteiger partial charge in [-0.1, -0.05) is 61.4 Å². The standard InChI is InChI=1S/C25H27N3O2S/c1-17(23(29)27-16-15-18-9-5-8-14-22(18)27)31-25-26-21-13-7-6-12-20(21)24(30)28(25)19-10-3-2-4-11-19/h5-9,12-14,17,19H,2-4,10-11,15-16H2,1H3. The molecule has 160 valence electrons. The minimum absolute atomic E-state index is 0.0196. The molecule has 1 amide bonds. The largest absolute Gasteiger partial charge is 0.311 e. The van der Waals surface area contributed by atoms with Crippen molar-refractivity contribution in [3.05, 3.63) is 64.4 Å². The summed E-state index contributed by atoms with van der Waals surface area (Å²) in [6.45, 7) is 2.64. The molecule has 0 N–H and O–H groups in total. The quantitative estimate of drug-likeness (QED) is 0.431. The van der Waals surface area contributed by atoms with Gasteiger partial charge in [0.1, 0.15) is 0 Å².